The highest BCUT2D eigenvalue weighted by Gasteiger charge is 2.21. The first-order valence-corrected chi connectivity index (χ1v) is 10.7. The van der Waals surface area contributed by atoms with E-state index >= 15 is 0 Å². The van der Waals surface area contributed by atoms with Crippen molar-refractivity contribution in [3.63, 3.8) is 0 Å². The second kappa shape index (κ2) is 9.90. The van der Waals surface area contributed by atoms with Crippen LogP contribution in [-0.4, -0.2) is 49.3 Å². The van der Waals surface area contributed by atoms with E-state index in [0.717, 1.165) is 63.2 Å². The third-order valence-corrected chi connectivity index (χ3v) is 5.75. The minimum Gasteiger partial charge on any atom is -0.491 e. The first-order valence-electron chi connectivity index (χ1n) is 10.7. The number of hydrogen-bond donors (Lipinski definition) is 1. The molecular weight excluding hydrogens is 364 g/mol. The molecule has 2 aromatic rings. The lowest BCUT2D eigenvalue weighted by molar-refractivity contribution is 0.0679. The van der Waals surface area contributed by atoms with Crippen LogP contribution in [0, 0.1) is 0 Å². The Morgan fingerprint density at radius 2 is 1.79 bits per heavy atom. The van der Waals surface area contributed by atoms with Crippen LogP contribution in [0.1, 0.15) is 41.6 Å². The van der Waals surface area contributed by atoms with Crippen LogP contribution in [0.15, 0.2) is 54.6 Å². The molecular formula is C24H30N2O3. The maximum atomic E-state index is 12.3. The zero-order chi connectivity index (χ0) is 19.9. The Labute approximate surface area is 173 Å². The van der Waals surface area contributed by atoms with E-state index in [1.807, 2.05) is 30.3 Å². The lowest BCUT2D eigenvalue weighted by Crippen LogP contribution is -2.44. The molecule has 0 unspecified atom stereocenters. The molecule has 0 aliphatic carbocycles. The van der Waals surface area contributed by atoms with E-state index in [4.69, 9.17) is 9.47 Å². The lowest BCUT2D eigenvalue weighted by Gasteiger charge is -2.32. The highest BCUT2D eigenvalue weighted by Crippen LogP contribution is 2.19. The van der Waals surface area contributed by atoms with Crippen LogP contribution in [0.25, 0.3) is 0 Å². The van der Waals surface area contributed by atoms with Gasteiger partial charge >= 0.3 is 0 Å². The molecule has 29 heavy (non-hydrogen) atoms. The van der Waals surface area contributed by atoms with E-state index in [-0.39, 0.29) is 18.1 Å². The fourth-order valence-corrected chi connectivity index (χ4v) is 4.01. The predicted molar refractivity (Wildman–Crippen MR) is 113 cm³/mol. The van der Waals surface area contributed by atoms with Gasteiger partial charge in [-0.25, -0.2) is 0 Å². The molecule has 2 aliphatic heterocycles. The van der Waals surface area contributed by atoms with Gasteiger partial charge < -0.3 is 14.8 Å². The molecule has 2 aromatic carbocycles. The van der Waals surface area contributed by atoms with Gasteiger partial charge in [0, 0.05) is 37.8 Å². The smallest absolute Gasteiger partial charge is 0.251 e. The van der Waals surface area contributed by atoms with Crippen molar-refractivity contribution in [3.05, 3.63) is 65.7 Å². The number of piperidine rings is 1. The summed E-state index contributed by atoms with van der Waals surface area (Å²) in [7, 11) is 0. The standard InChI is InChI=1S/C24H30N2O3/c27-24(20-5-2-1-3-6-20)25-21-12-14-26(15-13-21)17-19-8-10-22(11-9-19)29-18-23-7-4-16-28-23/h1-3,5-6,8-11,21,23H,4,7,12-18H2,(H,25,27)/t23-/m1/s1. The molecule has 2 heterocycles. The van der Waals surface area contributed by atoms with Crippen LogP contribution in [0.3, 0.4) is 0 Å². The molecule has 2 saturated heterocycles. The Balaban J connectivity index is 1.19. The number of carbonyl (C=O) groups is 1. The summed E-state index contributed by atoms with van der Waals surface area (Å²) < 4.78 is 11.4. The van der Waals surface area contributed by atoms with Crippen molar-refractivity contribution in [2.24, 2.45) is 0 Å². The molecule has 1 N–H and O–H groups in total. The van der Waals surface area contributed by atoms with E-state index in [1.165, 1.54) is 5.56 Å². The summed E-state index contributed by atoms with van der Waals surface area (Å²) in [5, 5.41) is 3.17. The fraction of sp³-hybridized carbons (Fsp3) is 0.458. The van der Waals surface area contributed by atoms with Crippen molar-refractivity contribution in [3.8, 4) is 5.75 Å². The van der Waals surface area contributed by atoms with Crippen LogP contribution in [0.2, 0.25) is 0 Å². The van der Waals surface area contributed by atoms with Crippen LogP contribution < -0.4 is 10.1 Å². The molecule has 4 rings (SSSR count). The first-order chi connectivity index (χ1) is 14.3. The number of rotatable bonds is 7. The van der Waals surface area contributed by atoms with Gasteiger partial charge in [0.1, 0.15) is 12.4 Å². The van der Waals surface area contributed by atoms with Gasteiger partial charge in [-0.05, 0) is 55.5 Å². The van der Waals surface area contributed by atoms with Crippen molar-refractivity contribution in [1.82, 2.24) is 10.2 Å². The van der Waals surface area contributed by atoms with Gasteiger partial charge in [0.05, 0.1) is 6.10 Å². The summed E-state index contributed by atoms with van der Waals surface area (Å²) in [6.45, 7) is 4.43. The van der Waals surface area contributed by atoms with E-state index in [0.29, 0.717) is 6.61 Å². The number of carbonyl (C=O) groups excluding carboxylic acids is 1. The Kier molecular flexibility index (Phi) is 6.80. The maximum absolute atomic E-state index is 12.3. The third-order valence-electron chi connectivity index (χ3n) is 5.75. The van der Waals surface area contributed by atoms with Gasteiger partial charge in [-0.15, -0.1) is 0 Å². The molecule has 1 amide bonds. The monoisotopic (exact) mass is 394 g/mol. The molecule has 0 saturated carbocycles. The summed E-state index contributed by atoms with van der Waals surface area (Å²) in [6.07, 6.45) is 4.46. The second-order valence-electron chi connectivity index (χ2n) is 7.98. The minimum absolute atomic E-state index is 0.0302. The number of likely N-dealkylation sites (tertiary alicyclic amines) is 1. The number of nitrogens with zero attached hydrogens (tertiary/aromatic N) is 1. The van der Waals surface area contributed by atoms with Gasteiger partial charge in [-0.2, -0.15) is 0 Å². The highest BCUT2D eigenvalue weighted by molar-refractivity contribution is 5.94. The zero-order valence-corrected chi connectivity index (χ0v) is 16.9. The molecule has 1 atom stereocenters. The number of amides is 1. The Bertz CT molecular complexity index is 764. The molecule has 2 aliphatic rings. The van der Waals surface area contributed by atoms with Crippen LogP contribution in [-0.2, 0) is 11.3 Å². The van der Waals surface area contributed by atoms with Crippen molar-refractivity contribution in [2.75, 3.05) is 26.3 Å². The Hall–Kier alpha value is -2.37. The zero-order valence-electron chi connectivity index (χ0n) is 16.9. The second-order valence-corrected chi connectivity index (χ2v) is 7.98. The summed E-state index contributed by atoms with van der Waals surface area (Å²) in [6, 6.07) is 18.1. The summed E-state index contributed by atoms with van der Waals surface area (Å²) in [5.41, 5.74) is 2.03. The van der Waals surface area contributed by atoms with Gasteiger partial charge in [0.15, 0.2) is 0 Å². The van der Waals surface area contributed by atoms with Crippen molar-refractivity contribution >= 4 is 5.91 Å². The highest BCUT2D eigenvalue weighted by atomic mass is 16.5. The summed E-state index contributed by atoms with van der Waals surface area (Å²) >= 11 is 0. The first kappa shape index (κ1) is 19.9. The number of ether oxygens (including phenoxy) is 2. The fourth-order valence-electron chi connectivity index (χ4n) is 4.01. The number of nitrogens with one attached hydrogen (secondary N) is 1. The van der Waals surface area contributed by atoms with E-state index in [2.05, 4.69) is 34.5 Å². The largest absolute Gasteiger partial charge is 0.491 e. The predicted octanol–water partition coefficient (Wildman–Crippen LogP) is 3.64. The molecule has 154 valence electrons. The van der Waals surface area contributed by atoms with Gasteiger partial charge in [0.2, 0.25) is 0 Å². The average Bonchev–Trinajstić information content (AvgIpc) is 3.29. The molecule has 0 spiro atoms. The van der Waals surface area contributed by atoms with Gasteiger partial charge in [-0.1, -0.05) is 30.3 Å². The van der Waals surface area contributed by atoms with Crippen LogP contribution >= 0.6 is 0 Å². The quantitative estimate of drug-likeness (QED) is 0.779. The molecule has 0 bridgehead atoms. The van der Waals surface area contributed by atoms with Crippen molar-refractivity contribution in [2.45, 2.75) is 44.4 Å². The van der Waals surface area contributed by atoms with Crippen LogP contribution in [0.5, 0.6) is 5.75 Å². The lowest BCUT2D eigenvalue weighted by atomic mass is 10.0. The normalized spacial score (nSPS) is 20.5. The number of benzene rings is 2. The Morgan fingerprint density at radius 3 is 2.48 bits per heavy atom. The van der Waals surface area contributed by atoms with E-state index in [1.54, 1.807) is 0 Å². The summed E-state index contributed by atoms with van der Waals surface area (Å²) in [5.74, 6) is 0.939. The number of hydrogen-bond acceptors (Lipinski definition) is 4. The average molecular weight is 395 g/mol. The van der Waals surface area contributed by atoms with E-state index < -0.39 is 0 Å². The minimum atomic E-state index is 0.0302. The van der Waals surface area contributed by atoms with Crippen molar-refractivity contribution < 1.29 is 14.3 Å². The topological polar surface area (TPSA) is 50.8 Å². The summed E-state index contributed by atoms with van der Waals surface area (Å²) in [4.78, 5) is 14.8. The SMILES string of the molecule is O=C(NC1CCN(Cc2ccc(OC[C@H]3CCCO3)cc2)CC1)c1ccccc1. The molecule has 0 aromatic heterocycles. The maximum Gasteiger partial charge on any atom is 0.251 e. The van der Waals surface area contributed by atoms with Crippen molar-refractivity contribution in [1.29, 1.82) is 0 Å². The molecule has 0 radical (unpaired) electrons. The third kappa shape index (κ3) is 5.81. The molecule has 5 nitrogen and oxygen atoms in total. The van der Waals surface area contributed by atoms with Gasteiger partial charge in [0.25, 0.3) is 5.91 Å². The van der Waals surface area contributed by atoms with Gasteiger partial charge in [-0.3, -0.25) is 9.69 Å². The molecule has 5 heteroatoms. The van der Waals surface area contributed by atoms with E-state index in [9.17, 15) is 4.79 Å². The Morgan fingerprint density at radius 1 is 1.03 bits per heavy atom. The molecule has 2 fully saturated rings. The van der Waals surface area contributed by atoms with Crippen LogP contribution in [0.4, 0.5) is 0 Å².